The number of nitrogens with one attached hydrogen (secondary N) is 2. The fourth-order valence-corrected chi connectivity index (χ4v) is 3.86. The molecule has 1 saturated heterocycles. The normalized spacial score (nSPS) is 26.0. The summed E-state index contributed by atoms with van der Waals surface area (Å²) in [5.41, 5.74) is -0.411. The minimum atomic E-state index is -0.862. The molecule has 0 bridgehead atoms. The number of urea groups is 1. The van der Waals surface area contributed by atoms with Crippen LogP contribution in [0.15, 0.2) is 18.2 Å². The predicted octanol–water partition coefficient (Wildman–Crippen LogP) is 3.43. The number of benzene rings is 1. The van der Waals surface area contributed by atoms with E-state index in [0.717, 1.165) is 24.2 Å². The molecule has 2 aliphatic rings. The summed E-state index contributed by atoms with van der Waals surface area (Å²) in [6.45, 7) is 1.63. The van der Waals surface area contributed by atoms with Crippen LogP contribution >= 0.6 is 23.2 Å². The molecule has 1 aliphatic carbocycles. The Morgan fingerprint density at radius 2 is 2.08 bits per heavy atom. The summed E-state index contributed by atoms with van der Waals surface area (Å²) < 4.78 is 0. The van der Waals surface area contributed by atoms with E-state index in [4.69, 9.17) is 23.2 Å². The molecular weight excluding hydrogens is 365 g/mol. The molecule has 8 heteroatoms. The first-order valence-electron chi connectivity index (χ1n) is 8.22. The van der Waals surface area contributed by atoms with E-state index in [0.29, 0.717) is 22.2 Å². The molecule has 3 rings (SSSR count). The van der Waals surface area contributed by atoms with Crippen LogP contribution in [0.5, 0.6) is 0 Å². The van der Waals surface area contributed by atoms with Crippen LogP contribution in [-0.2, 0) is 9.59 Å². The van der Waals surface area contributed by atoms with Gasteiger partial charge in [0, 0.05) is 5.69 Å². The first-order valence-corrected chi connectivity index (χ1v) is 8.98. The van der Waals surface area contributed by atoms with Gasteiger partial charge in [-0.25, -0.2) is 4.79 Å². The second kappa shape index (κ2) is 6.84. The van der Waals surface area contributed by atoms with E-state index in [1.54, 1.807) is 12.1 Å². The van der Waals surface area contributed by atoms with Crippen LogP contribution in [0.4, 0.5) is 10.5 Å². The number of imide groups is 1. The Labute approximate surface area is 155 Å². The van der Waals surface area contributed by atoms with Crippen LogP contribution in [0.3, 0.4) is 0 Å². The number of carbonyl (C=O) groups is 3. The molecule has 0 unspecified atom stereocenters. The Hall–Kier alpha value is -1.79. The van der Waals surface area contributed by atoms with Crippen molar-refractivity contribution in [2.24, 2.45) is 5.92 Å². The van der Waals surface area contributed by atoms with Crippen molar-refractivity contribution < 1.29 is 14.4 Å². The summed E-state index contributed by atoms with van der Waals surface area (Å²) >= 11 is 11.8. The molecule has 0 radical (unpaired) electrons. The SMILES string of the molecule is C[C@H]1CCCC[C@@]12NC(=O)N(CC(=O)Nc1ccc(Cl)c(Cl)c1)C2=O. The molecule has 6 nitrogen and oxygen atoms in total. The first-order chi connectivity index (χ1) is 11.8. The summed E-state index contributed by atoms with van der Waals surface area (Å²) in [7, 11) is 0. The van der Waals surface area contributed by atoms with Crippen molar-refractivity contribution in [3.05, 3.63) is 28.2 Å². The Morgan fingerprint density at radius 1 is 1.32 bits per heavy atom. The number of carbonyl (C=O) groups excluding carboxylic acids is 3. The van der Waals surface area contributed by atoms with Crippen LogP contribution in [0.1, 0.15) is 32.6 Å². The summed E-state index contributed by atoms with van der Waals surface area (Å²) in [6.07, 6.45) is 3.43. The molecule has 4 amide bonds. The largest absolute Gasteiger partial charge is 0.325 e. The number of nitrogens with zero attached hydrogens (tertiary/aromatic N) is 1. The minimum absolute atomic E-state index is 0.0563. The number of halogens is 2. The average molecular weight is 384 g/mol. The van der Waals surface area contributed by atoms with Crippen molar-refractivity contribution >= 4 is 46.7 Å². The third kappa shape index (κ3) is 3.33. The third-order valence-corrected chi connectivity index (χ3v) is 5.75. The van der Waals surface area contributed by atoms with Gasteiger partial charge in [0.05, 0.1) is 10.0 Å². The van der Waals surface area contributed by atoms with Gasteiger partial charge in [-0.15, -0.1) is 0 Å². The minimum Gasteiger partial charge on any atom is -0.324 e. The number of hydrogen-bond acceptors (Lipinski definition) is 3. The molecule has 1 aromatic carbocycles. The summed E-state index contributed by atoms with van der Waals surface area (Å²) in [4.78, 5) is 38.3. The van der Waals surface area contributed by atoms with Gasteiger partial charge in [-0.1, -0.05) is 43.0 Å². The monoisotopic (exact) mass is 383 g/mol. The van der Waals surface area contributed by atoms with Gasteiger partial charge in [0.15, 0.2) is 0 Å². The molecule has 2 atom stereocenters. The van der Waals surface area contributed by atoms with Crippen LogP contribution in [0.25, 0.3) is 0 Å². The van der Waals surface area contributed by atoms with E-state index < -0.39 is 17.5 Å². The van der Waals surface area contributed by atoms with E-state index in [1.165, 1.54) is 6.07 Å². The lowest BCUT2D eigenvalue weighted by Gasteiger charge is -2.36. The first kappa shape index (κ1) is 18.0. The second-order valence-corrected chi connectivity index (χ2v) is 7.43. The molecule has 0 aromatic heterocycles. The van der Waals surface area contributed by atoms with Gasteiger partial charge in [-0.3, -0.25) is 14.5 Å². The van der Waals surface area contributed by atoms with Crippen molar-refractivity contribution in [2.45, 2.75) is 38.1 Å². The van der Waals surface area contributed by atoms with Crippen molar-refractivity contribution in [2.75, 3.05) is 11.9 Å². The number of anilines is 1. The van der Waals surface area contributed by atoms with Gasteiger partial charge in [0.25, 0.3) is 5.91 Å². The van der Waals surface area contributed by atoms with Gasteiger partial charge in [-0.05, 0) is 37.0 Å². The van der Waals surface area contributed by atoms with Gasteiger partial charge in [0.1, 0.15) is 12.1 Å². The standard InChI is InChI=1S/C17H19Cl2N3O3/c1-10-4-2-3-7-17(10)15(24)22(16(25)21-17)9-14(23)20-11-5-6-12(18)13(19)8-11/h5-6,8,10H,2-4,7,9H2,1H3,(H,20,23)(H,21,25)/t10-,17+/m0/s1. The summed E-state index contributed by atoms with van der Waals surface area (Å²) in [6, 6.07) is 4.16. The van der Waals surface area contributed by atoms with Crippen molar-refractivity contribution in [3.8, 4) is 0 Å². The van der Waals surface area contributed by atoms with Crippen LogP contribution < -0.4 is 10.6 Å². The lowest BCUT2D eigenvalue weighted by Crippen LogP contribution is -2.54. The van der Waals surface area contributed by atoms with Gasteiger partial charge in [-0.2, -0.15) is 0 Å². The third-order valence-electron chi connectivity index (χ3n) is 5.01. The molecule has 1 aromatic rings. The zero-order valence-electron chi connectivity index (χ0n) is 13.8. The van der Waals surface area contributed by atoms with Gasteiger partial charge >= 0.3 is 6.03 Å². The number of rotatable bonds is 3. The summed E-state index contributed by atoms with van der Waals surface area (Å²) in [5, 5.41) is 6.13. The second-order valence-electron chi connectivity index (χ2n) is 6.62. The fraction of sp³-hybridized carbons (Fsp3) is 0.471. The van der Waals surface area contributed by atoms with Crippen molar-refractivity contribution in [3.63, 3.8) is 0 Å². The Balaban J connectivity index is 1.69. The number of amides is 4. The Bertz CT molecular complexity index is 740. The summed E-state index contributed by atoms with van der Waals surface area (Å²) in [5.74, 6) is -0.725. The highest BCUT2D eigenvalue weighted by Crippen LogP contribution is 2.38. The quantitative estimate of drug-likeness (QED) is 0.784. The molecule has 1 aliphatic heterocycles. The Kier molecular flexibility index (Phi) is 4.93. The molecule has 1 saturated carbocycles. The van der Waals surface area contributed by atoms with E-state index in [-0.39, 0.29) is 18.4 Å². The molecule has 2 N–H and O–H groups in total. The maximum absolute atomic E-state index is 12.8. The highest BCUT2D eigenvalue weighted by molar-refractivity contribution is 6.42. The Morgan fingerprint density at radius 3 is 2.76 bits per heavy atom. The maximum atomic E-state index is 12.8. The molecule has 25 heavy (non-hydrogen) atoms. The van der Waals surface area contributed by atoms with E-state index in [1.807, 2.05) is 6.92 Å². The number of hydrogen-bond donors (Lipinski definition) is 2. The highest BCUT2D eigenvalue weighted by atomic mass is 35.5. The molecule has 134 valence electrons. The lowest BCUT2D eigenvalue weighted by atomic mass is 9.73. The fourth-order valence-electron chi connectivity index (χ4n) is 3.56. The van der Waals surface area contributed by atoms with Gasteiger partial charge in [0.2, 0.25) is 5.91 Å². The lowest BCUT2D eigenvalue weighted by molar-refractivity contribution is -0.136. The van der Waals surface area contributed by atoms with E-state index in [9.17, 15) is 14.4 Å². The highest BCUT2D eigenvalue weighted by Gasteiger charge is 2.55. The van der Waals surface area contributed by atoms with E-state index >= 15 is 0 Å². The van der Waals surface area contributed by atoms with Gasteiger partial charge < -0.3 is 10.6 Å². The topological polar surface area (TPSA) is 78.5 Å². The predicted molar refractivity (Wildman–Crippen MR) is 95.7 cm³/mol. The van der Waals surface area contributed by atoms with E-state index in [2.05, 4.69) is 10.6 Å². The molecule has 1 heterocycles. The van der Waals surface area contributed by atoms with Crippen molar-refractivity contribution in [1.82, 2.24) is 10.2 Å². The zero-order valence-corrected chi connectivity index (χ0v) is 15.3. The molecule has 1 spiro atoms. The average Bonchev–Trinajstić information content (AvgIpc) is 2.79. The van der Waals surface area contributed by atoms with Crippen LogP contribution in [0.2, 0.25) is 10.0 Å². The molecular formula is C17H19Cl2N3O3. The smallest absolute Gasteiger partial charge is 0.324 e. The van der Waals surface area contributed by atoms with Crippen LogP contribution in [-0.4, -0.2) is 34.8 Å². The van der Waals surface area contributed by atoms with Crippen molar-refractivity contribution in [1.29, 1.82) is 0 Å². The molecule has 2 fully saturated rings. The van der Waals surface area contributed by atoms with Crippen LogP contribution in [0, 0.1) is 5.92 Å². The maximum Gasteiger partial charge on any atom is 0.325 e. The zero-order chi connectivity index (χ0) is 18.2.